The standard InChI is InChI=1S/C20H21N5O2/c1-13-11-18(24-27-13)23-20(26)19(14-5-3-2-4-6-14)25-10-8-17-15(12-25)16(21)7-9-22-17/h2-7,9,11,19H,8,10,12H2,1H3,(H2,21,22)(H,23,24,26). The lowest BCUT2D eigenvalue weighted by molar-refractivity contribution is -0.122. The lowest BCUT2D eigenvalue weighted by Gasteiger charge is -2.34. The molecule has 0 saturated heterocycles. The van der Waals surface area contributed by atoms with Gasteiger partial charge in [-0.05, 0) is 18.6 Å². The fourth-order valence-electron chi connectivity index (χ4n) is 3.49. The van der Waals surface area contributed by atoms with Gasteiger partial charge in [0.1, 0.15) is 11.8 Å². The number of carbonyl (C=O) groups excluding carboxylic acids is 1. The number of hydrogen-bond donors (Lipinski definition) is 2. The van der Waals surface area contributed by atoms with Gasteiger partial charge in [-0.15, -0.1) is 0 Å². The van der Waals surface area contributed by atoms with Crippen LogP contribution in [0, 0.1) is 6.92 Å². The zero-order chi connectivity index (χ0) is 18.8. The summed E-state index contributed by atoms with van der Waals surface area (Å²) in [6.45, 7) is 3.07. The molecule has 2 aromatic heterocycles. The first-order valence-electron chi connectivity index (χ1n) is 8.87. The van der Waals surface area contributed by atoms with Crippen LogP contribution in [0.5, 0.6) is 0 Å². The molecule has 0 saturated carbocycles. The average Bonchev–Trinajstić information content (AvgIpc) is 3.08. The summed E-state index contributed by atoms with van der Waals surface area (Å²) < 4.78 is 5.06. The zero-order valence-corrected chi connectivity index (χ0v) is 15.1. The van der Waals surface area contributed by atoms with Crippen LogP contribution in [0.15, 0.2) is 53.2 Å². The van der Waals surface area contributed by atoms with Crippen LogP contribution in [0.4, 0.5) is 11.5 Å². The van der Waals surface area contributed by atoms with Crippen molar-refractivity contribution in [2.45, 2.75) is 25.9 Å². The Kier molecular flexibility index (Phi) is 4.60. The van der Waals surface area contributed by atoms with Crippen LogP contribution >= 0.6 is 0 Å². The quantitative estimate of drug-likeness (QED) is 0.740. The lowest BCUT2D eigenvalue weighted by atomic mass is 9.98. The second-order valence-electron chi connectivity index (χ2n) is 6.67. The number of rotatable bonds is 4. The third kappa shape index (κ3) is 3.54. The molecule has 0 fully saturated rings. The molecule has 1 aromatic carbocycles. The van der Waals surface area contributed by atoms with Gasteiger partial charge in [-0.25, -0.2) is 0 Å². The zero-order valence-electron chi connectivity index (χ0n) is 15.1. The minimum Gasteiger partial charge on any atom is -0.398 e. The second-order valence-corrected chi connectivity index (χ2v) is 6.67. The van der Waals surface area contributed by atoms with Crippen molar-refractivity contribution >= 4 is 17.4 Å². The minimum absolute atomic E-state index is 0.152. The van der Waals surface area contributed by atoms with Crippen molar-refractivity contribution in [1.29, 1.82) is 0 Å². The Balaban J connectivity index is 1.64. The third-order valence-corrected chi connectivity index (χ3v) is 4.79. The smallest absolute Gasteiger partial charge is 0.247 e. The van der Waals surface area contributed by atoms with E-state index in [0.29, 0.717) is 30.4 Å². The highest BCUT2D eigenvalue weighted by Crippen LogP contribution is 2.30. The van der Waals surface area contributed by atoms with Gasteiger partial charge in [0, 0.05) is 48.7 Å². The normalized spacial score (nSPS) is 15.1. The van der Waals surface area contributed by atoms with Gasteiger partial charge in [0.15, 0.2) is 5.82 Å². The molecule has 3 N–H and O–H groups in total. The predicted molar refractivity (Wildman–Crippen MR) is 102 cm³/mol. The summed E-state index contributed by atoms with van der Waals surface area (Å²) in [6, 6.07) is 12.8. The lowest BCUT2D eigenvalue weighted by Crippen LogP contribution is -2.41. The number of fused-ring (bicyclic) bond motifs is 1. The van der Waals surface area contributed by atoms with Crippen LogP contribution in [-0.2, 0) is 17.8 Å². The highest BCUT2D eigenvalue weighted by molar-refractivity contribution is 5.94. The summed E-state index contributed by atoms with van der Waals surface area (Å²) >= 11 is 0. The maximum atomic E-state index is 13.1. The summed E-state index contributed by atoms with van der Waals surface area (Å²) in [4.78, 5) is 19.7. The first-order valence-corrected chi connectivity index (χ1v) is 8.87. The van der Waals surface area contributed by atoms with Crippen LogP contribution in [-0.4, -0.2) is 27.5 Å². The molecule has 3 heterocycles. The monoisotopic (exact) mass is 363 g/mol. The van der Waals surface area contributed by atoms with Gasteiger partial charge in [-0.2, -0.15) is 0 Å². The summed E-state index contributed by atoms with van der Waals surface area (Å²) in [7, 11) is 0. The van der Waals surface area contributed by atoms with Crippen molar-refractivity contribution in [3.05, 3.63) is 71.2 Å². The molecular formula is C20H21N5O2. The molecule has 138 valence electrons. The molecule has 7 nitrogen and oxygen atoms in total. The van der Waals surface area contributed by atoms with Crippen molar-refractivity contribution in [3.8, 4) is 0 Å². The average molecular weight is 363 g/mol. The predicted octanol–water partition coefficient (Wildman–Crippen LogP) is 2.70. The molecule has 1 amide bonds. The molecule has 1 aliphatic rings. The van der Waals surface area contributed by atoms with Gasteiger partial charge < -0.3 is 15.6 Å². The van der Waals surface area contributed by atoms with E-state index in [4.69, 9.17) is 10.3 Å². The van der Waals surface area contributed by atoms with E-state index in [2.05, 4.69) is 20.4 Å². The van der Waals surface area contributed by atoms with Crippen LogP contribution in [0.3, 0.4) is 0 Å². The Labute approximate surface area is 157 Å². The number of nitrogens with one attached hydrogen (secondary N) is 1. The van der Waals surface area contributed by atoms with E-state index in [9.17, 15) is 4.79 Å². The minimum atomic E-state index is -0.462. The first kappa shape index (κ1) is 17.2. The van der Waals surface area contributed by atoms with Crippen LogP contribution in [0.25, 0.3) is 0 Å². The molecule has 4 rings (SSSR count). The number of nitrogen functional groups attached to an aromatic ring is 1. The maximum absolute atomic E-state index is 13.1. The fraction of sp³-hybridized carbons (Fsp3) is 0.250. The molecule has 27 heavy (non-hydrogen) atoms. The fourth-order valence-corrected chi connectivity index (χ4v) is 3.49. The number of aromatic nitrogens is 2. The van der Waals surface area contributed by atoms with E-state index in [1.807, 2.05) is 30.3 Å². The summed E-state index contributed by atoms with van der Waals surface area (Å²) in [5.74, 6) is 0.907. The second kappa shape index (κ2) is 7.20. The number of amides is 1. The van der Waals surface area contributed by atoms with Gasteiger partial charge in [0.2, 0.25) is 5.91 Å². The van der Waals surface area contributed by atoms with Crippen LogP contribution < -0.4 is 11.1 Å². The van der Waals surface area contributed by atoms with E-state index in [0.717, 1.165) is 23.2 Å². The molecule has 3 aromatic rings. The number of aryl methyl sites for hydroxylation is 1. The van der Waals surface area contributed by atoms with Crippen LogP contribution in [0.2, 0.25) is 0 Å². The Morgan fingerprint density at radius 1 is 1.30 bits per heavy atom. The Morgan fingerprint density at radius 3 is 2.85 bits per heavy atom. The van der Waals surface area contributed by atoms with E-state index >= 15 is 0 Å². The number of pyridine rings is 1. The summed E-state index contributed by atoms with van der Waals surface area (Å²) in [5.41, 5.74) is 9.79. The molecule has 0 spiro atoms. The van der Waals surface area contributed by atoms with E-state index in [-0.39, 0.29) is 5.91 Å². The number of hydrogen-bond acceptors (Lipinski definition) is 6. The molecule has 0 aliphatic carbocycles. The van der Waals surface area contributed by atoms with Gasteiger partial charge in [0.25, 0.3) is 0 Å². The van der Waals surface area contributed by atoms with Crippen LogP contribution in [0.1, 0.15) is 28.6 Å². The van der Waals surface area contributed by atoms with Gasteiger partial charge in [0.05, 0.1) is 0 Å². The molecule has 0 bridgehead atoms. The first-order chi connectivity index (χ1) is 13.1. The van der Waals surface area contributed by atoms with E-state index < -0.39 is 6.04 Å². The number of nitrogens with two attached hydrogens (primary N) is 1. The number of carbonyl (C=O) groups is 1. The van der Waals surface area contributed by atoms with Crippen molar-refractivity contribution in [1.82, 2.24) is 15.0 Å². The molecule has 7 heteroatoms. The Bertz CT molecular complexity index is 954. The summed E-state index contributed by atoms with van der Waals surface area (Å²) in [5, 5.41) is 6.74. The highest BCUT2D eigenvalue weighted by Gasteiger charge is 2.31. The molecule has 1 atom stereocenters. The van der Waals surface area contributed by atoms with Gasteiger partial charge in [-0.1, -0.05) is 35.5 Å². The topological polar surface area (TPSA) is 97.3 Å². The molecule has 1 unspecified atom stereocenters. The Morgan fingerprint density at radius 2 is 2.11 bits per heavy atom. The Hall–Kier alpha value is -3.19. The summed E-state index contributed by atoms with van der Waals surface area (Å²) in [6.07, 6.45) is 2.48. The SMILES string of the molecule is Cc1cc(NC(=O)C(c2ccccc2)N2CCc3nccc(N)c3C2)no1. The van der Waals surface area contributed by atoms with E-state index in [1.165, 1.54) is 0 Å². The molecular weight excluding hydrogens is 342 g/mol. The van der Waals surface area contributed by atoms with Crippen molar-refractivity contribution in [2.75, 3.05) is 17.6 Å². The highest BCUT2D eigenvalue weighted by atomic mass is 16.5. The van der Waals surface area contributed by atoms with Crippen molar-refractivity contribution in [2.24, 2.45) is 0 Å². The van der Waals surface area contributed by atoms with Gasteiger partial charge in [-0.3, -0.25) is 14.7 Å². The van der Waals surface area contributed by atoms with Crippen molar-refractivity contribution in [3.63, 3.8) is 0 Å². The third-order valence-electron chi connectivity index (χ3n) is 4.79. The van der Waals surface area contributed by atoms with Gasteiger partial charge >= 0.3 is 0 Å². The van der Waals surface area contributed by atoms with Crippen molar-refractivity contribution < 1.29 is 9.32 Å². The molecule has 0 radical (unpaired) electrons. The number of anilines is 2. The number of nitrogens with zero attached hydrogens (tertiary/aromatic N) is 3. The maximum Gasteiger partial charge on any atom is 0.247 e. The molecule has 1 aliphatic heterocycles. The largest absolute Gasteiger partial charge is 0.398 e. The number of benzene rings is 1. The van der Waals surface area contributed by atoms with E-state index in [1.54, 1.807) is 25.3 Å².